The normalized spacial score (nSPS) is 13.6. The van der Waals surface area contributed by atoms with Crippen LogP contribution in [0.15, 0.2) is 78.9 Å². The van der Waals surface area contributed by atoms with E-state index in [1.165, 1.54) is 0 Å². The van der Waals surface area contributed by atoms with Crippen molar-refractivity contribution in [3.05, 3.63) is 84.4 Å². The van der Waals surface area contributed by atoms with Crippen molar-refractivity contribution in [3.63, 3.8) is 0 Å². The predicted octanol–water partition coefficient (Wildman–Crippen LogP) is 5.88. The van der Waals surface area contributed by atoms with E-state index < -0.39 is 6.09 Å². The third-order valence-electron chi connectivity index (χ3n) is 7.45. The number of rotatable bonds is 14. The van der Waals surface area contributed by atoms with Crippen LogP contribution >= 0.6 is 0 Å². The van der Waals surface area contributed by atoms with Gasteiger partial charge in [-0.15, -0.1) is 0 Å². The number of para-hydroxylation sites is 1. The van der Waals surface area contributed by atoms with Crippen molar-refractivity contribution in [2.75, 3.05) is 36.8 Å². The number of anilines is 2. The van der Waals surface area contributed by atoms with Gasteiger partial charge in [-0.2, -0.15) is 0 Å². The fourth-order valence-corrected chi connectivity index (χ4v) is 5.03. The van der Waals surface area contributed by atoms with Gasteiger partial charge in [-0.3, -0.25) is 19.7 Å². The summed E-state index contributed by atoms with van der Waals surface area (Å²) < 4.78 is 5.71. The fourth-order valence-electron chi connectivity index (χ4n) is 5.03. The standard InChI is InChI=1S/C34H40N4O5/c39-25-26-14-16-28(17-15-26)36-33(41)13-5-2-8-21-35-32(40)20-24-38-22-18-29(19-23-38)43-34(42)37-31-12-7-6-11-30(31)27-9-3-1-4-10-27/h1,3-4,6-7,9-12,14-17,25,29H,2,5,8,13,18-24H2,(H,35,40)(H,36,41)(H,37,42). The van der Waals surface area contributed by atoms with E-state index in [2.05, 4.69) is 20.9 Å². The summed E-state index contributed by atoms with van der Waals surface area (Å²) in [4.78, 5) is 49.9. The molecular weight excluding hydrogens is 544 g/mol. The number of piperidine rings is 1. The summed E-state index contributed by atoms with van der Waals surface area (Å²) in [7, 11) is 0. The molecule has 226 valence electrons. The van der Waals surface area contributed by atoms with Crippen molar-refractivity contribution < 1.29 is 23.9 Å². The van der Waals surface area contributed by atoms with Gasteiger partial charge in [-0.05, 0) is 61.6 Å². The smallest absolute Gasteiger partial charge is 0.411 e. The van der Waals surface area contributed by atoms with Crippen molar-refractivity contribution in [1.29, 1.82) is 0 Å². The number of hydrogen-bond acceptors (Lipinski definition) is 6. The Bertz CT molecular complexity index is 1340. The molecule has 3 aromatic carbocycles. The van der Waals surface area contributed by atoms with E-state index in [0.717, 1.165) is 62.6 Å². The summed E-state index contributed by atoms with van der Waals surface area (Å²) in [6.07, 6.45) is 4.85. The van der Waals surface area contributed by atoms with Crippen molar-refractivity contribution in [2.24, 2.45) is 0 Å². The minimum absolute atomic E-state index is 0.0198. The lowest BCUT2D eigenvalue weighted by Crippen LogP contribution is -2.40. The van der Waals surface area contributed by atoms with E-state index in [0.29, 0.717) is 42.9 Å². The highest BCUT2D eigenvalue weighted by Crippen LogP contribution is 2.28. The number of carbonyl (C=O) groups is 4. The molecule has 1 saturated heterocycles. The first-order chi connectivity index (χ1) is 21.0. The maximum absolute atomic E-state index is 12.6. The highest BCUT2D eigenvalue weighted by molar-refractivity contribution is 5.92. The largest absolute Gasteiger partial charge is 0.446 e. The maximum Gasteiger partial charge on any atom is 0.411 e. The summed E-state index contributed by atoms with van der Waals surface area (Å²) in [6, 6.07) is 24.3. The average molecular weight is 585 g/mol. The van der Waals surface area contributed by atoms with E-state index in [4.69, 9.17) is 4.74 Å². The molecule has 3 aromatic rings. The Balaban J connectivity index is 1.04. The Morgan fingerprint density at radius 2 is 1.51 bits per heavy atom. The van der Waals surface area contributed by atoms with Gasteiger partial charge in [0.1, 0.15) is 12.4 Å². The Labute approximate surface area is 253 Å². The SMILES string of the molecule is O=Cc1ccc(NC(=O)CCCCCNC(=O)CCN2CCC(OC(=O)Nc3ccccc3-c3ccccc3)CC2)cc1. The summed E-state index contributed by atoms with van der Waals surface area (Å²) in [5, 5.41) is 8.69. The maximum atomic E-state index is 12.6. The van der Waals surface area contributed by atoms with Crippen LogP contribution in [0.25, 0.3) is 11.1 Å². The third kappa shape index (κ3) is 10.7. The molecule has 3 amide bonds. The Morgan fingerprint density at radius 3 is 2.26 bits per heavy atom. The molecular formula is C34H40N4O5. The average Bonchev–Trinajstić information content (AvgIpc) is 3.03. The minimum Gasteiger partial charge on any atom is -0.446 e. The van der Waals surface area contributed by atoms with Crippen LogP contribution in [0.4, 0.5) is 16.2 Å². The van der Waals surface area contributed by atoms with Crippen molar-refractivity contribution >= 4 is 35.6 Å². The van der Waals surface area contributed by atoms with Crippen LogP contribution < -0.4 is 16.0 Å². The van der Waals surface area contributed by atoms with E-state index >= 15 is 0 Å². The molecule has 0 aromatic heterocycles. The number of aldehydes is 1. The van der Waals surface area contributed by atoms with Crippen molar-refractivity contribution in [1.82, 2.24) is 10.2 Å². The van der Waals surface area contributed by atoms with Crippen LogP contribution in [0.5, 0.6) is 0 Å². The molecule has 0 bridgehead atoms. The Morgan fingerprint density at radius 1 is 0.791 bits per heavy atom. The number of amides is 3. The number of likely N-dealkylation sites (tertiary alicyclic amines) is 1. The molecule has 0 atom stereocenters. The molecule has 1 heterocycles. The molecule has 1 aliphatic heterocycles. The topological polar surface area (TPSA) is 117 Å². The van der Waals surface area contributed by atoms with Crippen molar-refractivity contribution in [3.8, 4) is 11.1 Å². The molecule has 1 fully saturated rings. The lowest BCUT2D eigenvalue weighted by Gasteiger charge is -2.31. The first-order valence-electron chi connectivity index (χ1n) is 15.0. The van der Waals surface area contributed by atoms with Gasteiger partial charge >= 0.3 is 6.09 Å². The molecule has 4 rings (SSSR count). The van der Waals surface area contributed by atoms with Crippen LogP contribution in [0.1, 0.15) is 55.3 Å². The van der Waals surface area contributed by atoms with Crippen LogP contribution in [0.2, 0.25) is 0 Å². The van der Waals surface area contributed by atoms with Crippen molar-refractivity contribution in [2.45, 2.75) is 51.0 Å². The minimum atomic E-state index is -0.452. The zero-order chi connectivity index (χ0) is 30.3. The van der Waals surface area contributed by atoms with Crippen LogP contribution in [-0.2, 0) is 14.3 Å². The zero-order valence-electron chi connectivity index (χ0n) is 24.4. The van der Waals surface area contributed by atoms with Gasteiger partial charge in [0.2, 0.25) is 11.8 Å². The van der Waals surface area contributed by atoms with Gasteiger partial charge in [-0.1, -0.05) is 55.0 Å². The van der Waals surface area contributed by atoms with Gasteiger partial charge in [-0.25, -0.2) is 4.79 Å². The zero-order valence-corrected chi connectivity index (χ0v) is 24.4. The van der Waals surface area contributed by atoms with Crippen LogP contribution in [0.3, 0.4) is 0 Å². The lowest BCUT2D eigenvalue weighted by atomic mass is 10.0. The molecule has 0 saturated carbocycles. The fraction of sp³-hybridized carbons (Fsp3) is 0.353. The molecule has 9 nitrogen and oxygen atoms in total. The number of nitrogens with one attached hydrogen (secondary N) is 3. The Hall–Kier alpha value is -4.50. The van der Waals surface area contributed by atoms with Gasteiger partial charge in [0, 0.05) is 55.8 Å². The second-order valence-electron chi connectivity index (χ2n) is 10.7. The molecule has 43 heavy (non-hydrogen) atoms. The molecule has 0 aliphatic carbocycles. The van der Waals surface area contributed by atoms with Gasteiger partial charge in [0.05, 0.1) is 5.69 Å². The summed E-state index contributed by atoms with van der Waals surface area (Å²) in [5.41, 5.74) is 3.92. The molecule has 0 spiro atoms. The van der Waals surface area contributed by atoms with Crippen LogP contribution in [0, 0.1) is 0 Å². The number of nitrogens with zero attached hydrogens (tertiary/aromatic N) is 1. The summed E-state index contributed by atoms with van der Waals surface area (Å²) in [6.45, 7) is 2.81. The summed E-state index contributed by atoms with van der Waals surface area (Å²) >= 11 is 0. The quantitative estimate of drug-likeness (QED) is 0.161. The molecule has 3 N–H and O–H groups in total. The van der Waals surface area contributed by atoms with E-state index in [1.807, 2.05) is 54.6 Å². The number of benzene rings is 3. The molecule has 0 radical (unpaired) electrons. The molecule has 1 aliphatic rings. The van der Waals surface area contributed by atoms with Crippen LogP contribution in [-0.4, -0.2) is 61.4 Å². The van der Waals surface area contributed by atoms with Gasteiger partial charge in [0.25, 0.3) is 0 Å². The molecule has 0 unspecified atom stereocenters. The first-order valence-corrected chi connectivity index (χ1v) is 15.0. The highest BCUT2D eigenvalue weighted by Gasteiger charge is 2.23. The second-order valence-corrected chi connectivity index (χ2v) is 10.7. The number of carbonyl (C=O) groups excluding carboxylic acids is 4. The number of ether oxygens (including phenoxy) is 1. The Kier molecular flexibility index (Phi) is 12.3. The number of hydrogen-bond donors (Lipinski definition) is 3. The van der Waals surface area contributed by atoms with E-state index in [9.17, 15) is 19.2 Å². The van der Waals surface area contributed by atoms with Gasteiger partial charge in [0.15, 0.2) is 0 Å². The first kappa shape index (κ1) is 31.4. The summed E-state index contributed by atoms with van der Waals surface area (Å²) in [5.74, 6) is -0.0441. The van der Waals surface area contributed by atoms with E-state index in [1.54, 1.807) is 24.3 Å². The third-order valence-corrected chi connectivity index (χ3v) is 7.45. The van der Waals surface area contributed by atoms with E-state index in [-0.39, 0.29) is 17.9 Å². The number of unbranched alkanes of at least 4 members (excludes halogenated alkanes) is 2. The lowest BCUT2D eigenvalue weighted by molar-refractivity contribution is -0.121. The monoisotopic (exact) mass is 584 g/mol. The predicted molar refractivity (Wildman–Crippen MR) is 168 cm³/mol. The van der Waals surface area contributed by atoms with Gasteiger partial charge < -0.3 is 20.3 Å². The highest BCUT2D eigenvalue weighted by atomic mass is 16.6. The molecule has 9 heteroatoms. The second kappa shape index (κ2) is 16.8.